The Kier molecular flexibility index (Phi) is 6.41. The van der Waals surface area contributed by atoms with Crippen molar-refractivity contribution in [3.8, 4) is 0 Å². The molecule has 1 aromatic rings. The zero-order valence-corrected chi connectivity index (χ0v) is 17.2. The van der Waals surface area contributed by atoms with Crippen molar-refractivity contribution in [1.29, 1.82) is 0 Å². The quantitative estimate of drug-likeness (QED) is 0.322. The van der Waals surface area contributed by atoms with Gasteiger partial charge in [-0.05, 0) is 56.5 Å². The molecule has 11 heteroatoms. The molecule has 0 radical (unpaired) electrons. The van der Waals surface area contributed by atoms with Crippen LogP contribution in [0.15, 0.2) is 17.2 Å². The van der Waals surface area contributed by atoms with Crippen LogP contribution in [0, 0.1) is 6.92 Å². The van der Waals surface area contributed by atoms with E-state index in [1.165, 1.54) is 6.07 Å². The highest BCUT2D eigenvalue weighted by Crippen LogP contribution is 2.32. The van der Waals surface area contributed by atoms with Crippen LogP contribution >= 0.6 is 0 Å². The lowest BCUT2D eigenvalue weighted by Gasteiger charge is -2.37. The number of carbonyl (C=O) groups excluding carboxylic acids is 1. The lowest BCUT2D eigenvalue weighted by atomic mass is 10.1. The molecule has 9 nitrogen and oxygen atoms in total. The Morgan fingerprint density at radius 2 is 1.89 bits per heavy atom. The van der Waals surface area contributed by atoms with Crippen LogP contribution in [0.25, 0.3) is 10.4 Å². The summed E-state index contributed by atoms with van der Waals surface area (Å²) in [6.45, 7) is 8.86. The number of piperazine rings is 1. The molecule has 0 spiro atoms. The van der Waals surface area contributed by atoms with Crippen molar-refractivity contribution in [3.63, 3.8) is 0 Å². The molecule has 1 heterocycles. The number of benzene rings is 1. The Bertz CT molecular complexity index is 899. The van der Waals surface area contributed by atoms with E-state index in [4.69, 9.17) is 10.3 Å². The summed E-state index contributed by atoms with van der Waals surface area (Å²) < 4.78 is 40.8. The van der Waals surface area contributed by atoms with Gasteiger partial charge in [0.15, 0.2) is 0 Å². The van der Waals surface area contributed by atoms with E-state index in [2.05, 4.69) is 10.0 Å². The van der Waals surface area contributed by atoms with Gasteiger partial charge in [-0.3, -0.25) is 0 Å². The molecule has 2 rings (SSSR count). The van der Waals surface area contributed by atoms with Gasteiger partial charge in [0.1, 0.15) is 11.4 Å². The van der Waals surface area contributed by atoms with Crippen molar-refractivity contribution in [2.24, 2.45) is 5.11 Å². The lowest BCUT2D eigenvalue weighted by molar-refractivity contribution is 0.0240. The average molecular weight is 413 g/mol. The number of carbonyl (C=O) groups is 1. The molecule has 0 saturated carbocycles. The third kappa shape index (κ3) is 6.00. The van der Waals surface area contributed by atoms with Gasteiger partial charge in [-0.25, -0.2) is 4.79 Å². The second-order valence-electron chi connectivity index (χ2n) is 7.58. The van der Waals surface area contributed by atoms with Crippen LogP contribution in [-0.4, -0.2) is 51.2 Å². The average Bonchev–Trinajstić information content (AvgIpc) is 2.55. The first-order chi connectivity index (χ1) is 12.9. The molecule has 0 aliphatic carbocycles. The van der Waals surface area contributed by atoms with Gasteiger partial charge >= 0.3 is 16.3 Å². The van der Waals surface area contributed by atoms with E-state index in [1.807, 2.05) is 4.90 Å². The molecule has 0 N–H and O–H groups in total. The number of azide groups is 1. The summed E-state index contributed by atoms with van der Waals surface area (Å²) in [5.41, 5.74) is 9.79. The molecule has 0 atom stereocenters. The Balaban J connectivity index is 2.24. The van der Waals surface area contributed by atoms with Crippen LogP contribution in [0.2, 0.25) is 0 Å². The largest absolute Gasteiger partial charge is 0.444 e. The van der Waals surface area contributed by atoms with Crippen LogP contribution in [-0.2, 0) is 20.7 Å². The van der Waals surface area contributed by atoms with Gasteiger partial charge in [-0.15, -0.1) is 3.89 Å². The van der Waals surface area contributed by atoms with Crippen LogP contribution in [0.4, 0.5) is 20.1 Å². The Labute approximate surface area is 163 Å². The molecule has 1 amide bonds. The van der Waals surface area contributed by atoms with Crippen molar-refractivity contribution in [2.75, 3.05) is 31.1 Å². The lowest BCUT2D eigenvalue weighted by Crippen LogP contribution is -2.50. The number of hydrogen-bond donors (Lipinski definition) is 0. The minimum atomic E-state index is -4.74. The van der Waals surface area contributed by atoms with Gasteiger partial charge in [-0.2, -0.15) is 8.42 Å². The number of rotatable bonds is 4. The Morgan fingerprint density at radius 3 is 2.39 bits per heavy atom. The molecule has 1 fully saturated rings. The van der Waals surface area contributed by atoms with Gasteiger partial charge in [0.25, 0.3) is 0 Å². The number of amides is 1. The fourth-order valence-electron chi connectivity index (χ4n) is 2.97. The second kappa shape index (κ2) is 8.24. The molecule has 1 saturated heterocycles. The summed E-state index contributed by atoms with van der Waals surface area (Å²) in [4.78, 5) is 18.5. The number of hydrogen-bond acceptors (Lipinski definition) is 6. The highest BCUT2D eigenvalue weighted by molar-refractivity contribution is 7.85. The van der Waals surface area contributed by atoms with E-state index in [0.29, 0.717) is 37.4 Å². The van der Waals surface area contributed by atoms with Crippen molar-refractivity contribution in [1.82, 2.24) is 4.90 Å². The maximum absolute atomic E-state index is 13.2. The molecule has 0 aromatic heterocycles. The maximum Gasteiger partial charge on any atom is 0.410 e. The fourth-order valence-corrected chi connectivity index (χ4v) is 3.64. The summed E-state index contributed by atoms with van der Waals surface area (Å²) in [5, 5.41) is 3.53. The van der Waals surface area contributed by atoms with Gasteiger partial charge < -0.3 is 14.5 Å². The SMILES string of the molecule is Cc1c(CS(=O)(=O)F)cc(N=[N+]=[N-])cc1N1CCN(C(=O)OC(C)(C)C)CC1. The van der Waals surface area contributed by atoms with E-state index in [9.17, 15) is 17.1 Å². The molecule has 1 aromatic carbocycles. The zero-order chi connectivity index (χ0) is 21.1. The monoisotopic (exact) mass is 413 g/mol. The van der Waals surface area contributed by atoms with E-state index in [1.54, 1.807) is 38.7 Å². The van der Waals surface area contributed by atoms with Crippen molar-refractivity contribution < 1.29 is 21.8 Å². The van der Waals surface area contributed by atoms with E-state index in [0.717, 1.165) is 0 Å². The van der Waals surface area contributed by atoms with E-state index >= 15 is 0 Å². The summed E-state index contributed by atoms with van der Waals surface area (Å²) in [6, 6.07) is 3.00. The Hall–Kier alpha value is -2.52. The van der Waals surface area contributed by atoms with Gasteiger partial charge in [0.05, 0.1) is 0 Å². The highest BCUT2D eigenvalue weighted by atomic mass is 32.3. The summed E-state index contributed by atoms with van der Waals surface area (Å²) in [7, 11) is -4.74. The minimum Gasteiger partial charge on any atom is -0.444 e. The first kappa shape index (κ1) is 21.8. The molecular weight excluding hydrogens is 389 g/mol. The van der Waals surface area contributed by atoms with E-state index < -0.39 is 27.7 Å². The van der Waals surface area contributed by atoms with Gasteiger partial charge in [0.2, 0.25) is 0 Å². The van der Waals surface area contributed by atoms with Gasteiger partial charge in [-0.1, -0.05) is 5.11 Å². The summed E-state index contributed by atoms with van der Waals surface area (Å²) in [5.74, 6) is -0.793. The van der Waals surface area contributed by atoms with Crippen molar-refractivity contribution in [2.45, 2.75) is 39.0 Å². The third-order valence-corrected chi connectivity index (χ3v) is 4.89. The molecular formula is C17H24FN5O4S. The molecule has 1 aliphatic heterocycles. The zero-order valence-electron chi connectivity index (χ0n) is 16.3. The molecule has 1 aliphatic rings. The summed E-state index contributed by atoms with van der Waals surface area (Å²) >= 11 is 0. The topological polar surface area (TPSA) is 116 Å². The molecule has 0 bridgehead atoms. The first-order valence-corrected chi connectivity index (χ1v) is 10.3. The molecule has 0 unspecified atom stereocenters. The van der Waals surface area contributed by atoms with Gasteiger partial charge in [0, 0.05) is 42.5 Å². The predicted octanol–water partition coefficient (Wildman–Crippen LogP) is 3.79. The fraction of sp³-hybridized carbons (Fsp3) is 0.588. The minimum absolute atomic E-state index is 0.205. The molecule has 154 valence electrons. The smallest absolute Gasteiger partial charge is 0.410 e. The van der Waals surface area contributed by atoms with E-state index in [-0.39, 0.29) is 11.3 Å². The Morgan fingerprint density at radius 1 is 1.29 bits per heavy atom. The van der Waals surface area contributed by atoms with Crippen LogP contribution in [0.5, 0.6) is 0 Å². The first-order valence-electron chi connectivity index (χ1n) is 8.73. The second-order valence-corrected chi connectivity index (χ2v) is 8.94. The maximum atomic E-state index is 13.2. The van der Waals surface area contributed by atoms with Crippen molar-refractivity contribution >= 4 is 27.7 Å². The normalized spacial score (nSPS) is 15.2. The number of nitrogens with zero attached hydrogens (tertiary/aromatic N) is 5. The number of anilines is 1. The third-order valence-electron chi connectivity index (χ3n) is 4.23. The van der Waals surface area contributed by atoms with Crippen LogP contribution in [0.1, 0.15) is 31.9 Å². The number of halogens is 1. The highest BCUT2D eigenvalue weighted by Gasteiger charge is 2.27. The van der Waals surface area contributed by atoms with Crippen LogP contribution < -0.4 is 4.90 Å². The van der Waals surface area contributed by atoms with Crippen LogP contribution in [0.3, 0.4) is 0 Å². The predicted molar refractivity (Wildman–Crippen MR) is 104 cm³/mol. The molecule has 28 heavy (non-hydrogen) atoms. The standard InChI is InChI=1S/C17H24FN5O4S/c1-12-13(11-28(18,25)26)9-14(20-21-19)10-15(12)22-5-7-23(8-6-22)16(24)27-17(2,3)4/h9-10H,5-8,11H2,1-4H3. The van der Waals surface area contributed by atoms with Crippen molar-refractivity contribution in [3.05, 3.63) is 33.7 Å². The summed E-state index contributed by atoms with van der Waals surface area (Å²) in [6.07, 6.45) is -0.393. The number of ether oxygens (including phenoxy) is 1.